The second kappa shape index (κ2) is 7.32. The second-order valence-electron chi connectivity index (χ2n) is 5.98. The van der Waals surface area contributed by atoms with E-state index in [2.05, 4.69) is 23.5 Å². The first-order valence-electron chi connectivity index (χ1n) is 8.38. The van der Waals surface area contributed by atoms with Gasteiger partial charge >= 0.3 is 0 Å². The maximum Gasteiger partial charge on any atom is 0.261 e. The van der Waals surface area contributed by atoms with E-state index < -0.39 is 6.10 Å². The topological polar surface area (TPSA) is 38.3 Å². The molecule has 2 unspecified atom stereocenters. The van der Waals surface area contributed by atoms with Crippen LogP contribution in [0.3, 0.4) is 0 Å². The molecule has 0 saturated heterocycles. The Kier molecular flexibility index (Phi) is 4.96. The van der Waals surface area contributed by atoms with E-state index >= 15 is 0 Å². The smallest absolute Gasteiger partial charge is 0.261 e. The number of hydrogen-bond donors (Lipinski definition) is 1. The molecule has 2 atom stereocenters. The number of carbonyl (C=O) groups is 1. The first kappa shape index (κ1) is 15.6. The molecule has 2 aromatic carbocycles. The minimum atomic E-state index is -0.452. The molecule has 0 aromatic heterocycles. The molecule has 1 aliphatic carbocycles. The maximum atomic E-state index is 12.6. The molecule has 23 heavy (non-hydrogen) atoms. The molecule has 3 rings (SSSR count). The van der Waals surface area contributed by atoms with Crippen LogP contribution in [0.4, 0.5) is 0 Å². The number of aryl methyl sites for hydroxylation is 1. The molecule has 3 heteroatoms. The Morgan fingerprint density at radius 1 is 1.17 bits per heavy atom. The highest BCUT2D eigenvalue weighted by Gasteiger charge is 2.25. The van der Waals surface area contributed by atoms with Crippen LogP contribution in [0.5, 0.6) is 5.75 Å². The molecule has 3 nitrogen and oxygen atoms in total. The first-order chi connectivity index (χ1) is 11.3. The van der Waals surface area contributed by atoms with Gasteiger partial charge in [0.25, 0.3) is 5.91 Å². The minimum Gasteiger partial charge on any atom is -0.481 e. The summed E-state index contributed by atoms with van der Waals surface area (Å²) in [6.45, 7) is 1.97. The number of amides is 1. The van der Waals surface area contributed by atoms with Crippen LogP contribution in [-0.2, 0) is 11.2 Å². The van der Waals surface area contributed by atoms with E-state index in [0.29, 0.717) is 6.42 Å². The van der Waals surface area contributed by atoms with Crippen LogP contribution in [0.25, 0.3) is 0 Å². The molecule has 1 N–H and O–H groups in total. The molecule has 0 heterocycles. The molecule has 0 fully saturated rings. The van der Waals surface area contributed by atoms with Crippen molar-refractivity contribution < 1.29 is 9.53 Å². The molecule has 0 saturated carbocycles. The highest BCUT2D eigenvalue weighted by atomic mass is 16.5. The quantitative estimate of drug-likeness (QED) is 0.905. The summed E-state index contributed by atoms with van der Waals surface area (Å²) in [5, 5.41) is 3.18. The Bertz CT molecular complexity index is 654. The predicted molar refractivity (Wildman–Crippen MR) is 91.4 cm³/mol. The van der Waals surface area contributed by atoms with Gasteiger partial charge in [0.2, 0.25) is 0 Å². The Hall–Kier alpha value is -2.29. The Morgan fingerprint density at radius 3 is 2.70 bits per heavy atom. The third kappa shape index (κ3) is 3.73. The van der Waals surface area contributed by atoms with Gasteiger partial charge in [-0.2, -0.15) is 0 Å². The number of fused-ring (bicyclic) bond motifs is 1. The van der Waals surface area contributed by atoms with Crippen molar-refractivity contribution in [1.29, 1.82) is 0 Å². The number of nitrogens with one attached hydrogen (secondary N) is 1. The van der Waals surface area contributed by atoms with E-state index in [9.17, 15) is 4.79 Å². The van der Waals surface area contributed by atoms with Crippen LogP contribution in [0.2, 0.25) is 0 Å². The Morgan fingerprint density at radius 2 is 1.91 bits per heavy atom. The van der Waals surface area contributed by atoms with Crippen molar-refractivity contribution in [3.8, 4) is 5.75 Å². The maximum absolute atomic E-state index is 12.6. The fourth-order valence-corrected chi connectivity index (χ4v) is 3.15. The normalized spacial score (nSPS) is 17.9. The van der Waals surface area contributed by atoms with Crippen molar-refractivity contribution in [2.45, 2.75) is 44.8 Å². The molecule has 0 aliphatic heterocycles. The molecule has 0 radical (unpaired) electrons. The van der Waals surface area contributed by atoms with E-state index in [0.717, 1.165) is 25.0 Å². The third-order valence-electron chi connectivity index (χ3n) is 4.37. The number of benzene rings is 2. The summed E-state index contributed by atoms with van der Waals surface area (Å²) in [6, 6.07) is 18.0. The van der Waals surface area contributed by atoms with Gasteiger partial charge in [-0.15, -0.1) is 0 Å². The summed E-state index contributed by atoms with van der Waals surface area (Å²) < 4.78 is 5.84. The zero-order valence-corrected chi connectivity index (χ0v) is 13.5. The highest BCUT2D eigenvalue weighted by molar-refractivity contribution is 5.81. The van der Waals surface area contributed by atoms with Gasteiger partial charge in [-0.3, -0.25) is 4.79 Å². The Balaban J connectivity index is 1.68. The predicted octanol–water partition coefficient (Wildman–Crippen LogP) is 4.04. The third-order valence-corrected chi connectivity index (χ3v) is 4.37. The zero-order chi connectivity index (χ0) is 16.1. The first-order valence-corrected chi connectivity index (χ1v) is 8.38. The van der Waals surface area contributed by atoms with Crippen molar-refractivity contribution >= 4 is 5.91 Å². The molecule has 0 bridgehead atoms. The van der Waals surface area contributed by atoms with Crippen molar-refractivity contribution in [3.63, 3.8) is 0 Å². The van der Waals surface area contributed by atoms with Gasteiger partial charge in [-0.1, -0.05) is 49.4 Å². The van der Waals surface area contributed by atoms with E-state index in [-0.39, 0.29) is 11.9 Å². The molecule has 2 aromatic rings. The summed E-state index contributed by atoms with van der Waals surface area (Å²) in [7, 11) is 0. The molecule has 0 spiro atoms. The van der Waals surface area contributed by atoms with Gasteiger partial charge in [0, 0.05) is 0 Å². The minimum absolute atomic E-state index is 0.0296. The van der Waals surface area contributed by atoms with Crippen LogP contribution >= 0.6 is 0 Å². The van der Waals surface area contributed by atoms with Crippen LogP contribution in [0.1, 0.15) is 43.4 Å². The SMILES string of the molecule is CCC(Oc1ccccc1)C(=O)NC1CCCc2ccccc21. The fourth-order valence-electron chi connectivity index (χ4n) is 3.15. The van der Waals surface area contributed by atoms with E-state index in [1.54, 1.807) is 0 Å². The van der Waals surface area contributed by atoms with Crippen molar-refractivity contribution in [2.24, 2.45) is 0 Å². The van der Waals surface area contributed by atoms with Gasteiger partial charge in [0.15, 0.2) is 6.10 Å². The highest BCUT2D eigenvalue weighted by Crippen LogP contribution is 2.29. The van der Waals surface area contributed by atoms with Gasteiger partial charge in [-0.05, 0) is 48.9 Å². The molecule has 120 valence electrons. The number of ether oxygens (including phenoxy) is 1. The molecular formula is C20H23NO2. The average molecular weight is 309 g/mol. The lowest BCUT2D eigenvalue weighted by Crippen LogP contribution is -2.40. The van der Waals surface area contributed by atoms with Gasteiger partial charge in [-0.25, -0.2) is 0 Å². The zero-order valence-electron chi connectivity index (χ0n) is 13.5. The lowest BCUT2D eigenvalue weighted by molar-refractivity contribution is -0.129. The molecule has 1 aliphatic rings. The number of hydrogen-bond acceptors (Lipinski definition) is 2. The summed E-state index contributed by atoms with van der Waals surface area (Å²) in [5.74, 6) is 0.705. The lowest BCUT2D eigenvalue weighted by Gasteiger charge is -2.28. The number of carbonyl (C=O) groups excluding carboxylic acids is 1. The summed E-state index contributed by atoms with van der Waals surface area (Å²) in [4.78, 5) is 12.6. The second-order valence-corrected chi connectivity index (χ2v) is 5.98. The summed E-state index contributed by atoms with van der Waals surface area (Å²) in [5.41, 5.74) is 2.60. The fraction of sp³-hybridized carbons (Fsp3) is 0.350. The van der Waals surface area contributed by atoms with Crippen LogP contribution < -0.4 is 10.1 Å². The van der Waals surface area contributed by atoms with Crippen LogP contribution in [-0.4, -0.2) is 12.0 Å². The monoisotopic (exact) mass is 309 g/mol. The van der Waals surface area contributed by atoms with Crippen LogP contribution in [0, 0.1) is 0 Å². The van der Waals surface area contributed by atoms with Crippen LogP contribution in [0.15, 0.2) is 54.6 Å². The summed E-state index contributed by atoms with van der Waals surface area (Å²) >= 11 is 0. The summed E-state index contributed by atoms with van der Waals surface area (Å²) in [6.07, 6.45) is 3.39. The molecular weight excluding hydrogens is 286 g/mol. The van der Waals surface area contributed by atoms with Gasteiger partial charge in [0.1, 0.15) is 5.75 Å². The van der Waals surface area contributed by atoms with Crippen molar-refractivity contribution in [2.75, 3.05) is 0 Å². The van der Waals surface area contributed by atoms with Gasteiger partial charge < -0.3 is 10.1 Å². The Labute approximate surface area is 137 Å². The number of rotatable bonds is 5. The average Bonchev–Trinajstić information content (AvgIpc) is 2.61. The van der Waals surface area contributed by atoms with E-state index in [4.69, 9.17) is 4.74 Å². The van der Waals surface area contributed by atoms with E-state index in [1.807, 2.05) is 43.3 Å². The largest absolute Gasteiger partial charge is 0.481 e. The molecule has 1 amide bonds. The number of para-hydroxylation sites is 1. The van der Waals surface area contributed by atoms with Crippen molar-refractivity contribution in [3.05, 3.63) is 65.7 Å². The lowest BCUT2D eigenvalue weighted by atomic mass is 9.87. The van der Waals surface area contributed by atoms with E-state index in [1.165, 1.54) is 11.1 Å². The van der Waals surface area contributed by atoms with Gasteiger partial charge in [0.05, 0.1) is 6.04 Å². The standard InChI is InChI=1S/C20H23NO2/c1-2-19(23-16-11-4-3-5-12-16)20(22)21-18-14-8-10-15-9-6-7-13-17(15)18/h3-7,9,11-13,18-19H,2,8,10,14H2,1H3,(H,21,22). The van der Waals surface area contributed by atoms with Crippen molar-refractivity contribution in [1.82, 2.24) is 5.32 Å².